The number of carbonyl (C=O) groups is 1. The van der Waals surface area contributed by atoms with Crippen molar-refractivity contribution in [3.8, 4) is 0 Å². The van der Waals surface area contributed by atoms with E-state index in [1.165, 1.54) is 0 Å². The van der Waals surface area contributed by atoms with Crippen molar-refractivity contribution in [3.05, 3.63) is 28.2 Å². The lowest BCUT2D eigenvalue weighted by Gasteiger charge is -2.17. The van der Waals surface area contributed by atoms with E-state index in [4.69, 9.17) is 0 Å². The Morgan fingerprint density at radius 3 is 2.60 bits per heavy atom. The molecular weight excluding hydrogens is 268 g/mol. The standard InChI is InChI=1S/C10H8BrF2NO/c11-7-3-9(13)10(4-8(7)12)14-2-1-6(15)5-14/h3-4H,1-2,5H2. The van der Waals surface area contributed by atoms with E-state index in [9.17, 15) is 13.6 Å². The van der Waals surface area contributed by atoms with Gasteiger partial charge in [0.25, 0.3) is 0 Å². The van der Waals surface area contributed by atoms with Crippen molar-refractivity contribution in [1.82, 2.24) is 0 Å². The Bertz CT molecular complexity index is 422. The summed E-state index contributed by atoms with van der Waals surface area (Å²) in [7, 11) is 0. The normalized spacial score (nSPS) is 16.2. The Labute approximate surface area is 94.0 Å². The molecule has 1 aliphatic rings. The first-order valence-electron chi connectivity index (χ1n) is 4.49. The van der Waals surface area contributed by atoms with E-state index in [0.717, 1.165) is 12.1 Å². The quantitative estimate of drug-likeness (QED) is 0.734. The molecule has 1 aromatic carbocycles. The highest BCUT2D eigenvalue weighted by atomic mass is 79.9. The maximum atomic E-state index is 13.5. The molecule has 2 rings (SSSR count). The van der Waals surface area contributed by atoms with Gasteiger partial charge in [0.05, 0.1) is 16.7 Å². The van der Waals surface area contributed by atoms with Gasteiger partial charge in [0.15, 0.2) is 5.78 Å². The third kappa shape index (κ3) is 2.02. The number of ketones is 1. The summed E-state index contributed by atoms with van der Waals surface area (Å²) in [6.45, 7) is 0.620. The number of Topliss-reactive ketones (excluding diaryl/α,β-unsaturated/α-hetero) is 1. The van der Waals surface area contributed by atoms with Gasteiger partial charge in [-0.25, -0.2) is 8.78 Å². The molecule has 1 saturated heterocycles. The fourth-order valence-electron chi connectivity index (χ4n) is 1.59. The topological polar surface area (TPSA) is 20.3 Å². The van der Waals surface area contributed by atoms with E-state index in [-0.39, 0.29) is 22.5 Å². The SMILES string of the molecule is O=C1CCN(c2cc(F)c(Br)cc2F)C1. The zero-order valence-electron chi connectivity index (χ0n) is 7.77. The summed E-state index contributed by atoms with van der Waals surface area (Å²) >= 11 is 2.90. The Morgan fingerprint density at radius 2 is 2.00 bits per heavy atom. The summed E-state index contributed by atoms with van der Waals surface area (Å²) < 4.78 is 26.7. The van der Waals surface area contributed by atoms with Gasteiger partial charge in [-0.1, -0.05) is 0 Å². The summed E-state index contributed by atoms with van der Waals surface area (Å²) in [6, 6.07) is 2.19. The van der Waals surface area contributed by atoms with Crippen molar-refractivity contribution in [2.75, 3.05) is 18.0 Å². The molecule has 1 fully saturated rings. The van der Waals surface area contributed by atoms with Crippen LogP contribution in [0, 0.1) is 11.6 Å². The van der Waals surface area contributed by atoms with Gasteiger partial charge in [0.2, 0.25) is 0 Å². The highest BCUT2D eigenvalue weighted by Gasteiger charge is 2.23. The maximum Gasteiger partial charge on any atom is 0.153 e. The van der Waals surface area contributed by atoms with Crippen molar-refractivity contribution in [2.45, 2.75) is 6.42 Å². The highest BCUT2D eigenvalue weighted by molar-refractivity contribution is 9.10. The molecule has 0 radical (unpaired) electrons. The highest BCUT2D eigenvalue weighted by Crippen LogP contribution is 2.27. The monoisotopic (exact) mass is 275 g/mol. The molecule has 0 aromatic heterocycles. The molecule has 5 heteroatoms. The number of benzene rings is 1. The predicted molar refractivity (Wildman–Crippen MR) is 55.9 cm³/mol. The van der Waals surface area contributed by atoms with Gasteiger partial charge in [0, 0.05) is 19.0 Å². The van der Waals surface area contributed by atoms with Crippen molar-refractivity contribution >= 4 is 27.4 Å². The minimum Gasteiger partial charge on any atom is -0.361 e. The van der Waals surface area contributed by atoms with Crippen molar-refractivity contribution < 1.29 is 13.6 Å². The molecule has 0 amide bonds. The number of hydrogen-bond acceptors (Lipinski definition) is 2. The number of halogens is 3. The lowest BCUT2D eigenvalue weighted by molar-refractivity contribution is -0.116. The van der Waals surface area contributed by atoms with Crippen LogP contribution in [0.2, 0.25) is 0 Å². The summed E-state index contributed by atoms with van der Waals surface area (Å²) in [5.41, 5.74) is 0.154. The van der Waals surface area contributed by atoms with Crippen molar-refractivity contribution in [3.63, 3.8) is 0 Å². The molecule has 15 heavy (non-hydrogen) atoms. The molecule has 0 saturated carbocycles. The number of anilines is 1. The molecule has 80 valence electrons. The van der Waals surface area contributed by atoms with Gasteiger partial charge < -0.3 is 4.90 Å². The minimum absolute atomic E-state index is 0.0535. The van der Waals surface area contributed by atoms with Crippen LogP contribution in [0.1, 0.15) is 6.42 Å². The third-order valence-corrected chi connectivity index (χ3v) is 2.97. The number of nitrogens with zero attached hydrogens (tertiary/aromatic N) is 1. The van der Waals surface area contributed by atoms with Gasteiger partial charge in [-0.3, -0.25) is 4.79 Å². The zero-order valence-corrected chi connectivity index (χ0v) is 9.35. The average molecular weight is 276 g/mol. The van der Waals surface area contributed by atoms with Crippen LogP contribution >= 0.6 is 15.9 Å². The molecule has 1 heterocycles. The lowest BCUT2D eigenvalue weighted by atomic mass is 10.2. The summed E-state index contributed by atoms with van der Waals surface area (Å²) in [5, 5.41) is 0. The Morgan fingerprint density at radius 1 is 1.27 bits per heavy atom. The van der Waals surface area contributed by atoms with E-state index in [0.29, 0.717) is 13.0 Å². The fourth-order valence-corrected chi connectivity index (χ4v) is 1.91. The second-order valence-corrected chi connectivity index (χ2v) is 4.28. The average Bonchev–Trinajstić information content (AvgIpc) is 2.58. The fraction of sp³-hybridized carbons (Fsp3) is 0.300. The first kappa shape index (κ1) is 10.5. The van der Waals surface area contributed by atoms with Crippen LogP contribution in [0.5, 0.6) is 0 Å². The second kappa shape index (κ2) is 3.89. The molecule has 0 bridgehead atoms. The maximum absolute atomic E-state index is 13.5. The number of carbonyl (C=O) groups excluding carboxylic acids is 1. The van der Waals surface area contributed by atoms with Crippen molar-refractivity contribution in [1.29, 1.82) is 0 Å². The molecule has 0 spiro atoms. The first-order chi connectivity index (χ1) is 7.08. The van der Waals surface area contributed by atoms with E-state index in [1.807, 2.05) is 0 Å². The van der Waals surface area contributed by atoms with E-state index in [2.05, 4.69) is 15.9 Å². The Kier molecular flexibility index (Phi) is 2.73. The molecule has 0 aliphatic carbocycles. The smallest absolute Gasteiger partial charge is 0.153 e. The van der Waals surface area contributed by atoms with Crippen LogP contribution in [-0.4, -0.2) is 18.9 Å². The van der Waals surface area contributed by atoms with Gasteiger partial charge >= 0.3 is 0 Å². The van der Waals surface area contributed by atoms with E-state index < -0.39 is 11.6 Å². The Balaban J connectivity index is 2.36. The summed E-state index contributed by atoms with van der Waals surface area (Å²) in [5.74, 6) is -0.985. The molecule has 1 aliphatic heterocycles. The second-order valence-electron chi connectivity index (χ2n) is 3.43. The number of hydrogen-bond donors (Lipinski definition) is 0. The summed E-state index contributed by atoms with van der Waals surface area (Å²) in [6.07, 6.45) is 0.400. The van der Waals surface area contributed by atoms with Crippen LogP contribution in [0.15, 0.2) is 16.6 Å². The van der Waals surface area contributed by atoms with Gasteiger partial charge in [-0.2, -0.15) is 0 Å². The summed E-state index contributed by atoms with van der Waals surface area (Å²) in [4.78, 5) is 12.6. The van der Waals surface area contributed by atoms with Gasteiger partial charge in [-0.05, 0) is 22.0 Å². The van der Waals surface area contributed by atoms with Crippen LogP contribution in [0.4, 0.5) is 14.5 Å². The molecule has 0 unspecified atom stereocenters. The lowest BCUT2D eigenvalue weighted by Crippen LogP contribution is -2.20. The first-order valence-corrected chi connectivity index (χ1v) is 5.28. The molecule has 0 N–H and O–H groups in total. The Hall–Kier alpha value is -0.970. The van der Waals surface area contributed by atoms with Gasteiger partial charge in [-0.15, -0.1) is 0 Å². The van der Waals surface area contributed by atoms with Crippen molar-refractivity contribution in [2.24, 2.45) is 0 Å². The van der Waals surface area contributed by atoms with Crippen LogP contribution in [0.3, 0.4) is 0 Å². The molecule has 2 nitrogen and oxygen atoms in total. The zero-order chi connectivity index (χ0) is 11.0. The van der Waals surface area contributed by atoms with Crippen LogP contribution in [-0.2, 0) is 4.79 Å². The molecular formula is C10H8BrF2NO. The van der Waals surface area contributed by atoms with Gasteiger partial charge in [0.1, 0.15) is 11.6 Å². The van der Waals surface area contributed by atoms with E-state index >= 15 is 0 Å². The van der Waals surface area contributed by atoms with Crippen LogP contribution in [0.25, 0.3) is 0 Å². The number of rotatable bonds is 1. The minimum atomic E-state index is -0.522. The largest absolute Gasteiger partial charge is 0.361 e. The predicted octanol–water partition coefficient (Wildman–Crippen LogP) is 2.51. The molecule has 1 aromatic rings. The third-order valence-electron chi connectivity index (χ3n) is 2.36. The van der Waals surface area contributed by atoms with Crippen LogP contribution < -0.4 is 4.90 Å². The van der Waals surface area contributed by atoms with E-state index in [1.54, 1.807) is 4.90 Å². The molecule has 0 atom stereocenters.